The van der Waals surface area contributed by atoms with Crippen LogP contribution in [0.5, 0.6) is 0 Å². The van der Waals surface area contributed by atoms with E-state index >= 15 is 0 Å². The van der Waals surface area contributed by atoms with Crippen LogP contribution in [0.3, 0.4) is 0 Å². The third-order valence-electron chi connectivity index (χ3n) is 5.72. The molecule has 158 valence electrons. The maximum Gasteiger partial charge on any atom is 0.241 e. The van der Waals surface area contributed by atoms with Gasteiger partial charge in [-0.2, -0.15) is 0 Å². The molecule has 29 heavy (non-hydrogen) atoms. The summed E-state index contributed by atoms with van der Waals surface area (Å²) in [5, 5.41) is 3.40. The Labute approximate surface area is 178 Å². The highest BCUT2D eigenvalue weighted by molar-refractivity contribution is 7.80. The summed E-state index contributed by atoms with van der Waals surface area (Å²) in [5.41, 5.74) is 0.734. The van der Waals surface area contributed by atoms with Gasteiger partial charge in [0.15, 0.2) is 0 Å². The van der Waals surface area contributed by atoms with Crippen molar-refractivity contribution in [3.8, 4) is 0 Å². The fourth-order valence-electron chi connectivity index (χ4n) is 4.06. The molecule has 7 heteroatoms. The van der Waals surface area contributed by atoms with Gasteiger partial charge in [0.1, 0.15) is 0 Å². The van der Waals surface area contributed by atoms with Crippen LogP contribution < -0.4 is 5.32 Å². The molecular weight excluding hydrogens is 386 g/mol. The van der Waals surface area contributed by atoms with Crippen LogP contribution in [0.2, 0.25) is 0 Å². The van der Waals surface area contributed by atoms with Crippen molar-refractivity contribution in [3.05, 3.63) is 24.3 Å². The largest absolute Gasteiger partial charge is 0.379 e. The monoisotopic (exact) mass is 417 g/mol. The van der Waals surface area contributed by atoms with E-state index in [0.717, 1.165) is 37.8 Å². The number of thiocarbonyl (C=S) groups is 1. The lowest BCUT2D eigenvalue weighted by atomic mass is 9.81. The van der Waals surface area contributed by atoms with E-state index in [2.05, 4.69) is 10.3 Å². The molecule has 1 aliphatic heterocycles. The Hall–Kier alpha value is -1.86. The molecule has 0 aromatic carbocycles. The van der Waals surface area contributed by atoms with Crippen LogP contribution in [0.15, 0.2) is 29.3 Å². The predicted octanol–water partition coefficient (Wildman–Crippen LogP) is 3.03. The molecule has 2 amide bonds. The molecule has 1 N–H and O–H groups in total. The molecule has 0 aromatic rings. The molecule has 0 spiro atoms. The van der Waals surface area contributed by atoms with Crippen molar-refractivity contribution in [2.75, 3.05) is 19.7 Å². The Bertz CT molecular complexity index is 721. The SMILES string of the molecule is CC(C)OCCCNC(=O)C1CCC(CN2C(=O)C3C=CC=CC3=NC2=S)CC1. The first kappa shape index (κ1) is 21.8. The van der Waals surface area contributed by atoms with E-state index in [1.807, 2.05) is 38.2 Å². The maximum absolute atomic E-state index is 12.8. The van der Waals surface area contributed by atoms with Crippen LogP contribution in [-0.4, -0.2) is 53.3 Å². The summed E-state index contributed by atoms with van der Waals surface area (Å²) in [6.07, 6.45) is 12.1. The van der Waals surface area contributed by atoms with Gasteiger partial charge in [0.05, 0.1) is 17.7 Å². The second-order valence-electron chi connectivity index (χ2n) is 8.27. The molecular formula is C22H31N3O3S. The number of rotatable bonds is 8. The van der Waals surface area contributed by atoms with Crippen LogP contribution in [-0.2, 0) is 14.3 Å². The zero-order chi connectivity index (χ0) is 20.8. The number of carbonyl (C=O) groups excluding carboxylic acids is 2. The van der Waals surface area contributed by atoms with Gasteiger partial charge >= 0.3 is 0 Å². The lowest BCUT2D eigenvalue weighted by molar-refractivity contribution is -0.130. The smallest absolute Gasteiger partial charge is 0.241 e. The molecule has 1 saturated carbocycles. The minimum Gasteiger partial charge on any atom is -0.379 e. The number of aliphatic imine (C=N–C) groups is 1. The minimum absolute atomic E-state index is 0.0177. The fraction of sp³-hybridized carbons (Fsp3) is 0.636. The number of allylic oxidation sites excluding steroid dienone is 3. The number of hydrogen-bond donors (Lipinski definition) is 1. The summed E-state index contributed by atoms with van der Waals surface area (Å²) in [5.74, 6) is 0.279. The first-order chi connectivity index (χ1) is 14.0. The summed E-state index contributed by atoms with van der Waals surface area (Å²) in [6, 6.07) is 0. The highest BCUT2D eigenvalue weighted by Gasteiger charge is 2.36. The van der Waals surface area contributed by atoms with E-state index in [9.17, 15) is 9.59 Å². The van der Waals surface area contributed by atoms with Crippen LogP contribution in [0.4, 0.5) is 0 Å². The number of fused-ring (bicyclic) bond motifs is 1. The zero-order valence-electron chi connectivity index (χ0n) is 17.3. The fourth-order valence-corrected chi connectivity index (χ4v) is 4.33. The lowest BCUT2D eigenvalue weighted by Gasteiger charge is -2.35. The molecule has 0 radical (unpaired) electrons. The number of amides is 2. The van der Waals surface area contributed by atoms with Crippen molar-refractivity contribution < 1.29 is 14.3 Å². The molecule has 1 fully saturated rings. The number of nitrogens with zero attached hydrogens (tertiary/aromatic N) is 2. The Kier molecular flexibility index (Phi) is 7.72. The summed E-state index contributed by atoms with van der Waals surface area (Å²) in [6.45, 7) is 5.95. The molecule has 1 atom stereocenters. The average Bonchev–Trinajstić information content (AvgIpc) is 2.71. The molecule has 6 nitrogen and oxygen atoms in total. The van der Waals surface area contributed by atoms with Gasteiger partial charge in [-0.05, 0) is 70.2 Å². The van der Waals surface area contributed by atoms with E-state index in [4.69, 9.17) is 17.0 Å². The Morgan fingerprint density at radius 1 is 1.31 bits per heavy atom. The normalized spacial score (nSPS) is 26.5. The van der Waals surface area contributed by atoms with E-state index in [1.165, 1.54) is 0 Å². The maximum atomic E-state index is 12.8. The van der Waals surface area contributed by atoms with Gasteiger partial charge in [-0.15, -0.1) is 0 Å². The third kappa shape index (κ3) is 5.82. The number of ether oxygens (including phenoxy) is 1. The predicted molar refractivity (Wildman–Crippen MR) is 118 cm³/mol. The quantitative estimate of drug-likeness (QED) is 0.487. The van der Waals surface area contributed by atoms with Crippen molar-refractivity contribution >= 4 is 34.9 Å². The van der Waals surface area contributed by atoms with E-state index in [-0.39, 0.29) is 29.8 Å². The highest BCUT2D eigenvalue weighted by Crippen LogP contribution is 2.31. The van der Waals surface area contributed by atoms with E-state index in [1.54, 1.807) is 4.90 Å². The van der Waals surface area contributed by atoms with Gasteiger partial charge < -0.3 is 10.1 Å². The van der Waals surface area contributed by atoms with Gasteiger partial charge in [-0.25, -0.2) is 4.99 Å². The van der Waals surface area contributed by atoms with Crippen LogP contribution in [0, 0.1) is 17.8 Å². The molecule has 0 aromatic heterocycles. The molecule has 1 heterocycles. The minimum atomic E-state index is -0.312. The van der Waals surface area contributed by atoms with Crippen molar-refractivity contribution in [1.82, 2.24) is 10.2 Å². The third-order valence-corrected chi connectivity index (χ3v) is 6.03. The topological polar surface area (TPSA) is 71.0 Å². The van der Waals surface area contributed by atoms with Gasteiger partial charge in [0, 0.05) is 25.6 Å². The van der Waals surface area contributed by atoms with Gasteiger partial charge in [-0.1, -0.05) is 18.2 Å². The summed E-state index contributed by atoms with van der Waals surface area (Å²) in [7, 11) is 0. The van der Waals surface area contributed by atoms with Crippen molar-refractivity contribution in [2.45, 2.75) is 52.1 Å². The van der Waals surface area contributed by atoms with E-state index < -0.39 is 0 Å². The first-order valence-electron chi connectivity index (χ1n) is 10.6. The molecule has 0 saturated heterocycles. The van der Waals surface area contributed by atoms with Gasteiger partial charge in [-0.3, -0.25) is 14.5 Å². The van der Waals surface area contributed by atoms with Crippen molar-refractivity contribution in [3.63, 3.8) is 0 Å². The van der Waals surface area contributed by atoms with Gasteiger partial charge in [0.2, 0.25) is 16.9 Å². The molecule has 3 aliphatic rings. The van der Waals surface area contributed by atoms with Crippen LogP contribution in [0.1, 0.15) is 46.0 Å². The number of hydrogen-bond acceptors (Lipinski definition) is 4. The second-order valence-corrected chi connectivity index (χ2v) is 8.64. The van der Waals surface area contributed by atoms with Gasteiger partial charge in [0.25, 0.3) is 0 Å². The first-order valence-corrected chi connectivity index (χ1v) is 11.0. The number of nitrogens with one attached hydrogen (secondary N) is 1. The van der Waals surface area contributed by atoms with Crippen molar-refractivity contribution in [1.29, 1.82) is 0 Å². The molecule has 0 bridgehead atoms. The summed E-state index contributed by atoms with van der Waals surface area (Å²) in [4.78, 5) is 31.3. The zero-order valence-corrected chi connectivity index (χ0v) is 18.1. The Balaban J connectivity index is 1.42. The summed E-state index contributed by atoms with van der Waals surface area (Å²) < 4.78 is 5.49. The summed E-state index contributed by atoms with van der Waals surface area (Å²) >= 11 is 5.38. The van der Waals surface area contributed by atoms with Crippen LogP contribution >= 0.6 is 12.2 Å². The van der Waals surface area contributed by atoms with Crippen molar-refractivity contribution in [2.24, 2.45) is 22.7 Å². The Morgan fingerprint density at radius 2 is 2.07 bits per heavy atom. The molecule has 2 aliphatic carbocycles. The molecule has 1 unspecified atom stereocenters. The standard InChI is InChI=1S/C22H31N3O3S/c1-15(2)28-13-5-12-23-20(26)17-10-8-16(9-11-17)14-25-21(27)18-6-3-4-7-19(18)24-22(25)29/h3-4,6-7,15-18H,5,8-14H2,1-2H3,(H,23,26). The lowest BCUT2D eigenvalue weighted by Crippen LogP contribution is -2.48. The van der Waals surface area contributed by atoms with E-state index in [0.29, 0.717) is 30.7 Å². The second kappa shape index (κ2) is 10.3. The Morgan fingerprint density at radius 3 is 2.79 bits per heavy atom. The molecule has 3 rings (SSSR count). The average molecular weight is 418 g/mol. The number of carbonyl (C=O) groups is 2. The highest BCUT2D eigenvalue weighted by atomic mass is 32.1. The van der Waals surface area contributed by atoms with Crippen LogP contribution in [0.25, 0.3) is 0 Å².